The van der Waals surface area contributed by atoms with Gasteiger partial charge in [0.1, 0.15) is 11.5 Å². The van der Waals surface area contributed by atoms with E-state index >= 15 is 0 Å². The van der Waals surface area contributed by atoms with E-state index in [1.54, 1.807) is 7.11 Å². The molecular weight excluding hydrogens is 200 g/mol. The molecule has 16 heavy (non-hydrogen) atoms. The molecule has 2 heteroatoms. The molecule has 1 aromatic rings. The van der Waals surface area contributed by atoms with Crippen molar-refractivity contribution in [2.24, 2.45) is 0 Å². The summed E-state index contributed by atoms with van der Waals surface area (Å²) in [5.41, 5.74) is 1.83. The van der Waals surface area contributed by atoms with Gasteiger partial charge in [-0.15, -0.1) is 0 Å². The van der Waals surface area contributed by atoms with Crippen molar-refractivity contribution in [3.63, 3.8) is 0 Å². The Morgan fingerprint density at radius 3 is 2.75 bits per heavy atom. The first-order valence-electron chi connectivity index (χ1n) is 6.15. The van der Waals surface area contributed by atoms with Crippen LogP contribution < -0.4 is 9.47 Å². The monoisotopic (exact) mass is 218 g/mol. The molecule has 0 saturated heterocycles. The lowest BCUT2D eigenvalue weighted by Crippen LogP contribution is -2.29. The predicted octanol–water partition coefficient (Wildman–Crippen LogP) is 3.29. The standard InChI is InChI=1S/C14H18O2/c1-15-11-4-5-12-13(10-11)16-9-8-14(12)6-2-3-7-14/h4-5,10H,2-3,6-9H2,1H3. The van der Waals surface area contributed by atoms with E-state index in [0.717, 1.165) is 18.1 Å². The summed E-state index contributed by atoms with van der Waals surface area (Å²) < 4.78 is 11.0. The fourth-order valence-electron chi connectivity index (χ4n) is 3.25. The zero-order valence-electron chi connectivity index (χ0n) is 9.79. The van der Waals surface area contributed by atoms with Crippen molar-refractivity contribution in [1.82, 2.24) is 0 Å². The highest BCUT2D eigenvalue weighted by molar-refractivity contribution is 5.46. The Morgan fingerprint density at radius 2 is 2.00 bits per heavy atom. The molecule has 1 aromatic carbocycles. The van der Waals surface area contributed by atoms with Crippen LogP contribution in [0.3, 0.4) is 0 Å². The van der Waals surface area contributed by atoms with Gasteiger partial charge in [0.25, 0.3) is 0 Å². The lowest BCUT2D eigenvalue weighted by Gasteiger charge is -2.35. The van der Waals surface area contributed by atoms with Crippen LogP contribution in [0.5, 0.6) is 11.5 Å². The number of methoxy groups -OCH3 is 1. The van der Waals surface area contributed by atoms with E-state index in [1.807, 2.05) is 6.07 Å². The molecule has 0 amide bonds. The van der Waals surface area contributed by atoms with Crippen LogP contribution in [0.1, 0.15) is 37.7 Å². The van der Waals surface area contributed by atoms with Crippen LogP contribution in [-0.2, 0) is 5.41 Å². The number of hydrogen-bond donors (Lipinski definition) is 0. The Bertz CT molecular complexity index is 392. The summed E-state index contributed by atoms with van der Waals surface area (Å²) in [6.45, 7) is 0.861. The Kier molecular flexibility index (Phi) is 2.31. The first kappa shape index (κ1) is 10.0. The molecule has 0 N–H and O–H groups in total. The van der Waals surface area contributed by atoms with Gasteiger partial charge in [-0.25, -0.2) is 0 Å². The lowest BCUT2D eigenvalue weighted by atomic mass is 9.75. The first-order chi connectivity index (χ1) is 7.84. The topological polar surface area (TPSA) is 18.5 Å². The zero-order valence-corrected chi connectivity index (χ0v) is 9.79. The maximum atomic E-state index is 5.77. The van der Waals surface area contributed by atoms with Gasteiger partial charge in [-0.2, -0.15) is 0 Å². The largest absolute Gasteiger partial charge is 0.497 e. The molecule has 0 aromatic heterocycles. The highest BCUT2D eigenvalue weighted by Gasteiger charge is 2.39. The van der Waals surface area contributed by atoms with Gasteiger partial charge >= 0.3 is 0 Å². The second kappa shape index (κ2) is 3.69. The van der Waals surface area contributed by atoms with Gasteiger partial charge in [-0.3, -0.25) is 0 Å². The van der Waals surface area contributed by atoms with Gasteiger partial charge in [-0.05, 0) is 25.3 Å². The summed E-state index contributed by atoms with van der Waals surface area (Å²) in [6.07, 6.45) is 6.58. The number of benzene rings is 1. The minimum Gasteiger partial charge on any atom is -0.497 e. The Morgan fingerprint density at radius 1 is 1.19 bits per heavy atom. The summed E-state index contributed by atoms with van der Waals surface area (Å²) >= 11 is 0. The van der Waals surface area contributed by atoms with E-state index in [9.17, 15) is 0 Å². The maximum absolute atomic E-state index is 5.77. The molecule has 2 aliphatic rings. The molecule has 2 nitrogen and oxygen atoms in total. The second-order valence-electron chi connectivity index (χ2n) is 4.95. The summed E-state index contributed by atoms with van der Waals surface area (Å²) in [6, 6.07) is 6.31. The van der Waals surface area contributed by atoms with Crippen molar-refractivity contribution < 1.29 is 9.47 Å². The van der Waals surface area contributed by atoms with Crippen molar-refractivity contribution in [2.75, 3.05) is 13.7 Å². The summed E-state index contributed by atoms with van der Waals surface area (Å²) in [4.78, 5) is 0. The SMILES string of the molecule is COc1ccc2c(c1)OCCC21CCCC1. The fourth-order valence-corrected chi connectivity index (χ4v) is 3.25. The number of fused-ring (bicyclic) bond motifs is 2. The molecule has 1 heterocycles. The zero-order chi connectivity index (χ0) is 11.0. The Labute approximate surface area is 96.6 Å². The van der Waals surface area contributed by atoms with Gasteiger partial charge in [0.2, 0.25) is 0 Å². The van der Waals surface area contributed by atoms with E-state index in [-0.39, 0.29) is 0 Å². The molecule has 3 rings (SSSR count). The van der Waals surface area contributed by atoms with E-state index in [2.05, 4.69) is 12.1 Å². The molecule has 1 spiro atoms. The molecule has 1 saturated carbocycles. The second-order valence-corrected chi connectivity index (χ2v) is 4.95. The first-order valence-corrected chi connectivity index (χ1v) is 6.15. The van der Waals surface area contributed by atoms with Crippen LogP contribution >= 0.6 is 0 Å². The third-order valence-corrected chi connectivity index (χ3v) is 4.16. The van der Waals surface area contributed by atoms with E-state index in [0.29, 0.717) is 5.41 Å². The maximum Gasteiger partial charge on any atom is 0.126 e. The highest BCUT2D eigenvalue weighted by atomic mass is 16.5. The van der Waals surface area contributed by atoms with Gasteiger partial charge in [0.15, 0.2) is 0 Å². The van der Waals surface area contributed by atoms with E-state index < -0.39 is 0 Å². The van der Waals surface area contributed by atoms with Crippen LogP contribution in [0.4, 0.5) is 0 Å². The Balaban J connectivity index is 2.05. The van der Waals surface area contributed by atoms with Crippen LogP contribution in [-0.4, -0.2) is 13.7 Å². The molecule has 0 unspecified atom stereocenters. The highest BCUT2D eigenvalue weighted by Crippen LogP contribution is 2.50. The lowest BCUT2D eigenvalue weighted by molar-refractivity contribution is 0.214. The van der Waals surface area contributed by atoms with Crippen LogP contribution in [0.15, 0.2) is 18.2 Å². The van der Waals surface area contributed by atoms with Crippen molar-refractivity contribution in [3.05, 3.63) is 23.8 Å². The average molecular weight is 218 g/mol. The third kappa shape index (κ3) is 1.40. The molecule has 0 atom stereocenters. The minimum atomic E-state index is 0.417. The molecule has 1 aliphatic heterocycles. The smallest absolute Gasteiger partial charge is 0.126 e. The van der Waals surface area contributed by atoms with Crippen molar-refractivity contribution in [2.45, 2.75) is 37.5 Å². The number of ether oxygens (including phenoxy) is 2. The molecule has 1 fully saturated rings. The normalized spacial score (nSPS) is 21.6. The third-order valence-electron chi connectivity index (χ3n) is 4.16. The molecule has 0 bridgehead atoms. The van der Waals surface area contributed by atoms with Gasteiger partial charge in [-0.1, -0.05) is 18.9 Å². The van der Waals surface area contributed by atoms with Crippen LogP contribution in [0.2, 0.25) is 0 Å². The molecular formula is C14H18O2. The summed E-state index contributed by atoms with van der Waals surface area (Å²) in [7, 11) is 1.70. The average Bonchev–Trinajstić information content (AvgIpc) is 2.78. The molecule has 0 radical (unpaired) electrons. The number of hydrogen-bond acceptors (Lipinski definition) is 2. The molecule has 1 aliphatic carbocycles. The van der Waals surface area contributed by atoms with E-state index in [4.69, 9.17) is 9.47 Å². The minimum absolute atomic E-state index is 0.417. The van der Waals surface area contributed by atoms with Crippen molar-refractivity contribution in [3.8, 4) is 11.5 Å². The Hall–Kier alpha value is -1.18. The van der Waals surface area contributed by atoms with Gasteiger partial charge < -0.3 is 9.47 Å². The predicted molar refractivity (Wildman–Crippen MR) is 63.3 cm³/mol. The van der Waals surface area contributed by atoms with Crippen molar-refractivity contribution >= 4 is 0 Å². The summed E-state index contributed by atoms with van der Waals surface area (Å²) in [5.74, 6) is 1.95. The molecule has 86 valence electrons. The van der Waals surface area contributed by atoms with Gasteiger partial charge in [0.05, 0.1) is 13.7 Å². The van der Waals surface area contributed by atoms with Crippen LogP contribution in [0, 0.1) is 0 Å². The number of rotatable bonds is 1. The summed E-state index contributed by atoms with van der Waals surface area (Å²) in [5, 5.41) is 0. The van der Waals surface area contributed by atoms with E-state index in [1.165, 1.54) is 37.7 Å². The van der Waals surface area contributed by atoms with Crippen molar-refractivity contribution in [1.29, 1.82) is 0 Å². The van der Waals surface area contributed by atoms with Crippen LogP contribution in [0.25, 0.3) is 0 Å². The van der Waals surface area contributed by atoms with Gasteiger partial charge in [0, 0.05) is 17.0 Å². The quantitative estimate of drug-likeness (QED) is 0.720. The fraction of sp³-hybridized carbons (Fsp3) is 0.571.